The summed E-state index contributed by atoms with van der Waals surface area (Å²) in [6.45, 7) is 0. The molecule has 2 aromatic rings. The van der Waals surface area contributed by atoms with E-state index in [2.05, 4.69) is 31.2 Å². The van der Waals surface area contributed by atoms with E-state index in [1.165, 1.54) is 25.7 Å². The highest BCUT2D eigenvalue weighted by molar-refractivity contribution is 9.10. The Balaban J connectivity index is 1.75. The molecule has 1 amide bonds. The second-order valence-electron chi connectivity index (χ2n) is 5.20. The van der Waals surface area contributed by atoms with Crippen LogP contribution in [-0.2, 0) is 0 Å². The molecule has 0 saturated heterocycles. The first-order valence-corrected chi connectivity index (χ1v) is 8.94. The SMILES string of the molecule is O=C(Nc1ccc(Br)cn1)c1cccnc1SC1CCCC1. The lowest BCUT2D eigenvalue weighted by molar-refractivity contribution is 0.102. The lowest BCUT2D eigenvalue weighted by Gasteiger charge is -2.12. The van der Waals surface area contributed by atoms with Crippen LogP contribution < -0.4 is 5.32 Å². The molecule has 0 aliphatic heterocycles. The first-order chi connectivity index (χ1) is 10.7. The van der Waals surface area contributed by atoms with E-state index in [-0.39, 0.29) is 5.91 Å². The van der Waals surface area contributed by atoms with E-state index in [9.17, 15) is 4.79 Å². The fraction of sp³-hybridized carbons (Fsp3) is 0.312. The molecule has 1 saturated carbocycles. The number of carbonyl (C=O) groups excluding carboxylic acids is 1. The van der Waals surface area contributed by atoms with Crippen molar-refractivity contribution < 1.29 is 4.79 Å². The molecule has 4 nitrogen and oxygen atoms in total. The number of carbonyl (C=O) groups is 1. The van der Waals surface area contributed by atoms with Gasteiger partial charge in [0.2, 0.25) is 0 Å². The van der Waals surface area contributed by atoms with Crippen molar-refractivity contribution in [2.45, 2.75) is 36.0 Å². The molecule has 0 atom stereocenters. The Hall–Kier alpha value is -1.40. The van der Waals surface area contributed by atoms with Gasteiger partial charge in [0.15, 0.2) is 0 Å². The number of nitrogens with one attached hydrogen (secondary N) is 1. The minimum atomic E-state index is -0.164. The van der Waals surface area contributed by atoms with E-state index in [1.807, 2.05) is 12.1 Å². The fourth-order valence-electron chi connectivity index (χ4n) is 2.46. The van der Waals surface area contributed by atoms with Gasteiger partial charge in [-0.25, -0.2) is 9.97 Å². The Morgan fingerprint density at radius 2 is 2.05 bits per heavy atom. The van der Waals surface area contributed by atoms with Crippen LogP contribution in [0.1, 0.15) is 36.0 Å². The quantitative estimate of drug-likeness (QED) is 0.850. The third-order valence-corrected chi connectivity index (χ3v) is 5.39. The molecule has 1 N–H and O–H groups in total. The van der Waals surface area contributed by atoms with Gasteiger partial charge in [-0.2, -0.15) is 0 Å². The van der Waals surface area contributed by atoms with E-state index in [0.717, 1.165) is 9.50 Å². The monoisotopic (exact) mass is 377 g/mol. The van der Waals surface area contributed by atoms with Gasteiger partial charge < -0.3 is 5.32 Å². The second kappa shape index (κ2) is 7.24. The van der Waals surface area contributed by atoms with Gasteiger partial charge in [-0.3, -0.25) is 4.79 Å². The molecule has 1 aliphatic rings. The Morgan fingerprint density at radius 1 is 1.23 bits per heavy atom. The van der Waals surface area contributed by atoms with E-state index >= 15 is 0 Å². The number of aromatic nitrogens is 2. The molecule has 6 heteroatoms. The van der Waals surface area contributed by atoms with Crippen LogP contribution in [-0.4, -0.2) is 21.1 Å². The molecule has 0 radical (unpaired) electrons. The van der Waals surface area contributed by atoms with E-state index in [0.29, 0.717) is 16.6 Å². The van der Waals surface area contributed by atoms with Crippen LogP contribution in [0.25, 0.3) is 0 Å². The molecule has 3 rings (SSSR count). The highest BCUT2D eigenvalue weighted by atomic mass is 79.9. The first kappa shape index (κ1) is 15.5. The molecule has 2 aromatic heterocycles. The predicted molar refractivity (Wildman–Crippen MR) is 92.2 cm³/mol. The van der Waals surface area contributed by atoms with Crippen molar-refractivity contribution in [1.82, 2.24) is 9.97 Å². The van der Waals surface area contributed by atoms with Crippen LogP contribution in [0.4, 0.5) is 5.82 Å². The molecular weight excluding hydrogens is 362 g/mol. The first-order valence-electron chi connectivity index (χ1n) is 7.27. The molecule has 114 valence electrons. The maximum absolute atomic E-state index is 12.5. The normalized spacial score (nSPS) is 15.0. The van der Waals surface area contributed by atoms with E-state index in [1.54, 1.807) is 36.3 Å². The average Bonchev–Trinajstić information content (AvgIpc) is 3.03. The molecular formula is C16H16BrN3OS. The number of nitrogens with zero attached hydrogens (tertiary/aromatic N) is 2. The highest BCUT2D eigenvalue weighted by Crippen LogP contribution is 2.35. The van der Waals surface area contributed by atoms with Crippen LogP contribution in [0.15, 0.2) is 46.2 Å². The van der Waals surface area contributed by atoms with Gasteiger partial charge in [0.05, 0.1) is 5.56 Å². The highest BCUT2D eigenvalue weighted by Gasteiger charge is 2.20. The molecule has 0 aromatic carbocycles. The minimum absolute atomic E-state index is 0.164. The largest absolute Gasteiger partial charge is 0.306 e. The van der Waals surface area contributed by atoms with Crippen molar-refractivity contribution in [1.29, 1.82) is 0 Å². The zero-order chi connectivity index (χ0) is 15.4. The third-order valence-electron chi connectivity index (χ3n) is 3.57. The number of halogens is 1. The third kappa shape index (κ3) is 3.87. The Bertz CT molecular complexity index is 657. The average molecular weight is 378 g/mol. The summed E-state index contributed by atoms with van der Waals surface area (Å²) in [5.74, 6) is 0.372. The molecule has 22 heavy (non-hydrogen) atoms. The second-order valence-corrected chi connectivity index (χ2v) is 7.40. The van der Waals surface area contributed by atoms with Gasteiger partial charge in [-0.15, -0.1) is 11.8 Å². The van der Waals surface area contributed by atoms with Crippen LogP contribution in [0.5, 0.6) is 0 Å². The summed E-state index contributed by atoms with van der Waals surface area (Å²) in [7, 11) is 0. The number of anilines is 1. The van der Waals surface area contributed by atoms with Crippen molar-refractivity contribution in [2.24, 2.45) is 0 Å². The van der Waals surface area contributed by atoms with Crippen LogP contribution in [0, 0.1) is 0 Å². The Morgan fingerprint density at radius 3 is 2.77 bits per heavy atom. The van der Waals surface area contributed by atoms with Gasteiger partial charge in [0, 0.05) is 22.1 Å². The van der Waals surface area contributed by atoms with Crippen molar-refractivity contribution in [3.05, 3.63) is 46.7 Å². The van der Waals surface area contributed by atoms with E-state index in [4.69, 9.17) is 0 Å². The van der Waals surface area contributed by atoms with Crippen molar-refractivity contribution in [3.8, 4) is 0 Å². The van der Waals surface area contributed by atoms with Gasteiger partial charge in [0.25, 0.3) is 5.91 Å². The molecule has 1 aliphatic carbocycles. The van der Waals surface area contributed by atoms with Crippen molar-refractivity contribution >= 4 is 39.4 Å². The summed E-state index contributed by atoms with van der Waals surface area (Å²) >= 11 is 5.05. The fourth-order valence-corrected chi connectivity index (χ4v) is 3.98. The number of hydrogen-bond acceptors (Lipinski definition) is 4. The predicted octanol–water partition coefficient (Wildman–Crippen LogP) is 4.53. The topological polar surface area (TPSA) is 54.9 Å². The molecule has 0 bridgehead atoms. The van der Waals surface area contributed by atoms with Gasteiger partial charge >= 0.3 is 0 Å². The number of thioether (sulfide) groups is 1. The summed E-state index contributed by atoms with van der Waals surface area (Å²) in [5.41, 5.74) is 0.615. The molecule has 0 spiro atoms. The van der Waals surface area contributed by atoms with Crippen LogP contribution in [0.2, 0.25) is 0 Å². The van der Waals surface area contributed by atoms with Crippen LogP contribution >= 0.6 is 27.7 Å². The zero-order valence-electron chi connectivity index (χ0n) is 12.0. The number of amides is 1. The van der Waals surface area contributed by atoms with Crippen molar-refractivity contribution in [3.63, 3.8) is 0 Å². The minimum Gasteiger partial charge on any atom is -0.306 e. The van der Waals surface area contributed by atoms with Gasteiger partial charge in [-0.1, -0.05) is 12.8 Å². The summed E-state index contributed by atoms with van der Waals surface area (Å²) in [4.78, 5) is 21.0. The molecule has 0 unspecified atom stereocenters. The van der Waals surface area contributed by atoms with E-state index < -0.39 is 0 Å². The van der Waals surface area contributed by atoms with Crippen molar-refractivity contribution in [2.75, 3.05) is 5.32 Å². The Labute approximate surface area is 142 Å². The van der Waals surface area contributed by atoms with Gasteiger partial charge in [0.1, 0.15) is 10.8 Å². The number of rotatable bonds is 4. The smallest absolute Gasteiger partial charge is 0.259 e. The Kier molecular flexibility index (Phi) is 5.10. The standard InChI is InChI=1S/C16H16BrN3OS/c17-11-7-8-14(19-10-11)20-15(21)13-6-3-9-18-16(13)22-12-4-1-2-5-12/h3,6-10,12H,1-2,4-5H2,(H,19,20,21). The maximum atomic E-state index is 12.5. The summed E-state index contributed by atoms with van der Waals surface area (Å²) in [5, 5.41) is 4.21. The molecule has 1 fully saturated rings. The molecule has 2 heterocycles. The zero-order valence-corrected chi connectivity index (χ0v) is 14.4. The van der Waals surface area contributed by atoms with Gasteiger partial charge in [-0.05, 0) is 53.0 Å². The van der Waals surface area contributed by atoms with Crippen LogP contribution in [0.3, 0.4) is 0 Å². The number of pyridine rings is 2. The summed E-state index contributed by atoms with van der Waals surface area (Å²) in [6.07, 6.45) is 8.36. The lowest BCUT2D eigenvalue weighted by atomic mass is 10.2. The lowest BCUT2D eigenvalue weighted by Crippen LogP contribution is -2.15. The summed E-state index contributed by atoms with van der Waals surface area (Å²) < 4.78 is 0.879. The number of hydrogen-bond donors (Lipinski definition) is 1. The maximum Gasteiger partial charge on any atom is 0.259 e. The summed E-state index contributed by atoms with van der Waals surface area (Å²) in [6, 6.07) is 7.23.